The van der Waals surface area contributed by atoms with Gasteiger partial charge in [0.1, 0.15) is 23.5 Å². The van der Waals surface area contributed by atoms with Crippen LogP contribution in [0.2, 0.25) is 0 Å². The molecule has 0 aliphatic rings. The average molecular weight is 324 g/mol. The summed E-state index contributed by atoms with van der Waals surface area (Å²) in [5.74, 6) is 0.792. The lowest BCUT2D eigenvalue weighted by Crippen LogP contribution is -2.09. The molecular weight excluding hydrogens is 300 g/mol. The van der Waals surface area contributed by atoms with E-state index in [4.69, 9.17) is 18.9 Å². The van der Waals surface area contributed by atoms with Gasteiger partial charge in [-0.2, -0.15) is 0 Å². The fraction of sp³-hybridized carbons (Fsp3) is 0.471. The maximum atomic E-state index is 10.9. The molecule has 0 aliphatic carbocycles. The van der Waals surface area contributed by atoms with Crippen molar-refractivity contribution in [2.75, 3.05) is 27.8 Å². The maximum Gasteiger partial charge on any atom is 0.188 e. The van der Waals surface area contributed by atoms with Gasteiger partial charge in [0.15, 0.2) is 13.6 Å². The van der Waals surface area contributed by atoms with Crippen LogP contribution in [0.15, 0.2) is 17.7 Å². The standard InChI is InChI=1S/C17H24O6/c1-12(2)5-6-14-16(22-10-20-3)9-15(19)13(7-8-18)17(14)23-11-21-4/h5,8-9,19H,6-7,10-11H2,1-4H3. The van der Waals surface area contributed by atoms with E-state index in [1.807, 2.05) is 19.9 Å². The van der Waals surface area contributed by atoms with E-state index in [1.54, 1.807) is 0 Å². The summed E-state index contributed by atoms with van der Waals surface area (Å²) in [6.07, 6.45) is 3.30. The Labute approximate surface area is 136 Å². The Morgan fingerprint density at radius 1 is 1.09 bits per heavy atom. The Balaban J connectivity index is 3.41. The number of hydrogen-bond acceptors (Lipinski definition) is 6. The van der Waals surface area contributed by atoms with Crippen LogP contribution in [0.5, 0.6) is 17.2 Å². The quantitative estimate of drug-likeness (QED) is 0.405. The lowest BCUT2D eigenvalue weighted by atomic mass is 10.0. The number of phenols is 1. The third kappa shape index (κ3) is 5.58. The Bertz CT molecular complexity index is 547. The number of hydrogen-bond donors (Lipinski definition) is 1. The second-order valence-corrected chi connectivity index (χ2v) is 5.14. The van der Waals surface area contributed by atoms with Gasteiger partial charge in [0.25, 0.3) is 0 Å². The van der Waals surface area contributed by atoms with Crippen molar-refractivity contribution in [3.63, 3.8) is 0 Å². The number of rotatable bonds is 10. The van der Waals surface area contributed by atoms with Crippen LogP contribution in [0.4, 0.5) is 0 Å². The van der Waals surface area contributed by atoms with Crippen LogP contribution in [0.25, 0.3) is 0 Å². The third-order valence-corrected chi connectivity index (χ3v) is 3.08. The normalized spacial score (nSPS) is 10.3. The molecule has 0 saturated heterocycles. The summed E-state index contributed by atoms with van der Waals surface area (Å²) in [5, 5.41) is 10.2. The topological polar surface area (TPSA) is 74.2 Å². The highest BCUT2D eigenvalue weighted by molar-refractivity contribution is 5.65. The van der Waals surface area contributed by atoms with E-state index in [0.29, 0.717) is 23.5 Å². The van der Waals surface area contributed by atoms with Gasteiger partial charge < -0.3 is 28.8 Å². The summed E-state index contributed by atoms with van der Waals surface area (Å²) in [6, 6.07) is 1.48. The molecule has 1 aromatic carbocycles. The molecule has 0 radical (unpaired) electrons. The van der Waals surface area contributed by atoms with Gasteiger partial charge in [-0.05, 0) is 20.3 Å². The number of aldehydes is 1. The maximum absolute atomic E-state index is 10.9. The van der Waals surface area contributed by atoms with E-state index >= 15 is 0 Å². The molecule has 6 heteroatoms. The van der Waals surface area contributed by atoms with Crippen LogP contribution >= 0.6 is 0 Å². The van der Waals surface area contributed by atoms with Crippen LogP contribution in [0.3, 0.4) is 0 Å². The first kappa shape index (κ1) is 19.0. The molecule has 0 heterocycles. The predicted octanol–water partition coefficient (Wildman–Crippen LogP) is 2.61. The molecule has 0 spiro atoms. The molecule has 0 atom stereocenters. The van der Waals surface area contributed by atoms with Gasteiger partial charge in [0, 0.05) is 37.8 Å². The van der Waals surface area contributed by atoms with Crippen molar-refractivity contribution in [1.29, 1.82) is 0 Å². The van der Waals surface area contributed by atoms with E-state index in [9.17, 15) is 9.90 Å². The number of ether oxygens (including phenoxy) is 4. The molecule has 1 rings (SSSR count). The molecule has 1 N–H and O–H groups in total. The van der Waals surface area contributed by atoms with Gasteiger partial charge in [0.05, 0.1) is 0 Å². The van der Waals surface area contributed by atoms with E-state index in [1.165, 1.54) is 20.3 Å². The first-order chi connectivity index (χ1) is 11.0. The third-order valence-electron chi connectivity index (χ3n) is 3.08. The number of carbonyl (C=O) groups excluding carboxylic acids is 1. The van der Waals surface area contributed by atoms with Gasteiger partial charge in [-0.15, -0.1) is 0 Å². The van der Waals surface area contributed by atoms with Gasteiger partial charge in [-0.3, -0.25) is 0 Å². The highest BCUT2D eigenvalue weighted by atomic mass is 16.7. The second kappa shape index (κ2) is 9.86. The van der Waals surface area contributed by atoms with Crippen LogP contribution in [-0.4, -0.2) is 39.2 Å². The molecule has 0 amide bonds. The van der Waals surface area contributed by atoms with Crippen molar-refractivity contribution in [2.24, 2.45) is 0 Å². The van der Waals surface area contributed by atoms with Gasteiger partial charge >= 0.3 is 0 Å². The fourth-order valence-electron chi connectivity index (χ4n) is 2.03. The predicted molar refractivity (Wildman–Crippen MR) is 86.0 cm³/mol. The summed E-state index contributed by atoms with van der Waals surface area (Å²) in [7, 11) is 3.01. The summed E-state index contributed by atoms with van der Waals surface area (Å²) >= 11 is 0. The second-order valence-electron chi connectivity index (χ2n) is 5.14. The summed E-state index contributed by atoms with van der Waals surface area (Å²) in [4.78, 5) is 10.9. The number of aromatic hydroxyl groups is 1. The highest BCUT2D eigenvalue weighted by Crippen LogP contribution is 2.39. The Hall–Kier alpha value is -2.05. The van der Waals surface area contributed by atoms with Crippen molar-refractivity contribution < 1.29 is 28.8 Å². The lowest BCUT2D eigenvalue weighted by Gasteiger charge is -2.19. The molecule has 0 unspecified atom stereocenters. The number of methoxy groups -OCH3 is 2. The van der Waals surface area contributed by atoms with Crippen molar-refractivity contribution in [2.45, 2.75) is 26.7 Å². The van der Waals surface area contributed by atoms with Gasteiger partial charge in [0.2, 0.25) is 0 Å². The van der Waals surface area contributed by atoms with Crippen LogP contribution in [0, 0.1) is 0 Å². The first-order valence-corrected chi connectivity index (χ1v) is 7.23. The Morgan fingerprint density at radius 3 is 2.30 bits per heavy atom. The van der Waals surface area contributed by atoms with E-state index < -0.39 is 0 Å². The van der Waals surface area contributed by atoms with E-state index in [2.05, 4.69) is 0 Å². The summed E-state index contributed by atoms with van der Waals surface area (Å²) < 4.78 is 21.0. The zero-order valence-electron chi connectivity index (χ0n) is 14.0. The van der Waals surface area contributed by atoms with Crippen LogP contribution in [0.1, 0.15) is 25.0 Å². The average Bonchev–Trinajstić information content (AvgIpc) is 2.52. The minimum Gasteiger partial charge on any atom is -0.507 e. The van der Waals surface area contributed by atoms with Crippen molar-refractivity contribution in [3.8, 4) is 17.2 Å². The van der Waals surface area contributed by atoms with Crippen molar-refractivity contribution >= 4 is 6.29 Å². The molecule has 0 aromatic heterocycles. The Kier molecular flexibility index (Phi) is 8.15. The lowest BCUT2D eigenvalue weighted by molar-refractivity contribution is -0.107. The van der Waals surface area contributed by atoms with E-state index in [0.717, 1.165) is 17.4 Å². The molecule has 0 saturated carbocycles. The molecule has 23 heavy (non-hydrogen) atoms. The number of allylic oxidation sites excluding steroid dienone is 2. The molecule has 6 nitrogen and oxygen atoms in total. The minimum absolute atomic E-state index is 0.000843. The zero-order chi connectivity index (χ0) is 17.2. The fourth-order valence-corrected chi connectivity index (χ4v) is 2.03. The van der Waals surface area contributed by atoms with E-state index in [-0.39, 0.29) is 25.8 Å². The molecular formula is C17H24O6. The van der Waals surface area contributed by atoms with Crippen molar-refractivity contribution in [1.82, 2.24) is 0 Å². The van der Waals surface area contributed by atoms with Gasteiger partial charge in [-0.1, -0.05) is 11.6 Å². The smallest absolute Gasteiger partial charge is 0.188 e. The zero-order valence-corrected chi connectivity index (χ0v) is 14.0. The monoisotopic (exact) mass is 324 g/mol. The SMILES string of the molecule is COCOc1cc(O)c(CC=O)c(OCOC)c1CC=C(C)C. The molecule has 128 valence electrons. The van der Waals surface area contributed by atoms with Crippen molar-refractivity contribution in [3.05, 3.63) is 28.8 Å². The largest absolute Gasteiger partial charge is 0.507 e. The van der Waals surface area contributed by atoms with Crippen LogP contribution < -0.4 is 9.47 Å². The van der Waals surface area contributed by atoms with Crippen LogP contribution in [-0.2, 0) is 27.1 Å². The first-order valence-electron chi connectivity index (χ1n) is 7.23. The van der Waals surface area contributed by atoms with Gasteiger partial charge in [-0.25, -0.2) is 0 Å². The Morgan fingerprint density at radius 2 is 1.74 bits per heavy atom. The highest BCUT2D eigenvalue weighted by Gasteiger charge is 2.20. The number of benzene rings is 1. The molecule has 1 aromatic rings. The molecule has 0 aliphatic heterocycles. The molecule has 0 fully saturated rings. The minimum atomic E-state index is -0.0599. The summed E-state index contributed by atoms with van der Waals surface area (Å²) in [5.41, 5.74) is 2.28. The number of carbonyl (C=O) groups is 1. The molecule has 0 bridgehead atoms. The number of phenolic OH excluding ortho intramolecular Hbond substituents is 1. The summed E-state index contributed by atoms with van der Waals surface area (Å²) in [6.45, 7) is 4.01.